The first-order valence-corrected chi connectivity index (χ1v) is 32.7. The lowest BCUT2D eigenvalue weighted by molar-refractivity contribution is 0.630. The standard InChI is InChI=1S/C92H60O4/c1-5-6-24-58-25-23-27-63(49-58)87-70-33-14-16-35-72(70)88(73-36-17-15-34-71(73)87)64-43-45-76-84(52-64)96-91-75-38-19-18-37-74(75)89-80-50-61(44-46-83(80)95-92(89)90(76)91)60-42-41-59(55(2)47-60)48-56(3)65-28-9-7-8-10-29-66(68-31-13-12-30-67(65)68)57(4)77-53-78-69-32-20-22-40-82(69)94-86(78)54-79(77)85-51-62-26-11-21-39-81(62)93-85/h5-6,9-54H,1-4,7-8H2/b24-6-,28-9?,29-10+,59-48-,67-65?,68-66+. The molecule has 0 radical (unpaired) electrons. The highest BCUT2D eigenvalue weighted by molar-refractivity contribution is 6.34. The van der Waals surface area contributed by atoms with E-state index in [1.165, 1.54) is 38.2 Å². The Morgan fingerprint density at radius 3 is 1.74 bits per heavy atom. The van der Waals surface area contributed by atoms with Gasteiger partial charge in [0, 0.05) is 43.3 Å². The van der Waals surface area contributed by atoms with Crippen LogP contribution in [0.5, 0.6) is 0 Å². The second kappa shape index (κ2) is 22.7. The lowest BCUT2D eigenvalue weighted by atomic mass is 9.85. The molecule has 1 aliphatic carbocycles. The fourth-order valence-electron chi connectivity index (χ4n) is 15.0. The first-order valence-electron chi connectivity index (χ1n) is 32.7. The zero-order chi connectivity index (χ0) is 64.1. The lowest BCUT2D eigenvalue weighted by Crippen LogP contribution is -2.29. The number of hydrogen-bond acceptors (Lipinski definition) is 4. The number of allylic oxidation sites excluding steroid dienone is 8. The number of hydrogen-bond donors (Lipinski definition) is 0. The average molecular weight is 1230 g/mol. The smallest absolute Gasteiger partial charge is 0.147 e. The second-order valence-electron chi connectivity index (χ2n) is 25.1. The van der Waals surface area contributed by atoms with Crippen LogP contribution in [0.15, 0.2) is 322 Å². The summed E-state index contributed by atoms with van der Waals surface area (Å²) in [6, 6.07) is 86.1. The molecule has 452 valence electrons. The average Bonchev–Trinajstić information content (AvgIpc) is 1.65. The summed E-state index contributed by atoms with van der Waals surface area (Å²) in [5, 5.41) is 18.0. The van der Waals surface area contributed by atoms with Crippen molar-refractivity contribution >= 4 is 145 Å². The van der Waals surface area contributed by atoms with Gasteiger partial charge in [0.1, 0.15) is 44.8 Å². The number of rotatable bonds is 10. The van der Waals surface area contributed by atoms with Crippen molar-refractivity contribution in [2.24, 2.45) is 0 Å². The molecule has 96 heavy (non-hydrogen) atoms. The molecule has 0 aliphatic heterocycles. The van der Waals surface area contributed by atoms with Gasteiger partial charge in [-0.15, -0.1) is 0 Å². The topological polar surface area (TPSA) is 52.6 Å². The van der Waals surface area contributed by atoms with Crippen LogP contribution in [0.1, 0.15) is 24.0 Å². The Kier molecular flexibility index (Phi) is 13.3. The summed E-state index contributed by atoms with van der Waals surface area (Å²) in [6.07, 6.45) is 18.8. The van der Waals surface area contributed by atoms with Gasteiger partial charge in [0.2, 0.25) is 0 Å². The van der Waals surface area contributed by atoms with Gasteiger partial charge in [-0.1, -0.05) is 245 Å². The summed E-state index contributed by atoms with van der Waals surface area (Å²) >= 11 is 0. The Hall–Kier alpha value is -12.5. The summed E-state index contributed by atoms with van der Waals surface area (Å²) in [5.74, 6) is 0.753. The maximum atomic E-state index is 7.09. The third kappa shape index (κ3) is 9.21. The summed E-state index contributed by atoms with van der Waals surface area (Å²) in [5.41, 5.74) is 19.2. The summed E-state index contributed by atoms with van der Waals surface area (Å²) in [6.45, 7) is 18.3. The molecule has 0 saturated carbocycles. The molecule has 4 nitrogen and oxygen atoms in total. The summed E-state index contributed by atoms with van der Waals surface area (Å²) < 4.78 is 27.2. The van der Waals surface area contributed by atoms with Crippen molar-refractivity contribution in [3.05, 3.63) is 336 Å². The molecule has 4 heterocycles. The summed E-state index contributed by atoms with van der Waals surface area (Å²) in [4.78, 5) is 0. The Balaban J connectivity index is 0.728. The van der Waals surface area contributed by atoms with Crippen LogP contribution in [-0.4, -0.2) is 0 Å². The highest BCUT2D eigenvalue weighted by atomic mass is 16.3. The van der Waals surface area contributed by atoms with Crippen LogP contribution >= 0.6 is 0 Å². The minimum Gasteiger partial charge on any atom is -0.456 e. The van der Waals surface area contributed by atoms with Crippen LogP contribution in [-0.2, 0) is 0 Å². The number of benzene rings is 13. The van der Waals surface area contributed by atoms with Gasteiger partial charge >= 0.3 is 0 Å². The highest BCUT2D eigenvalue weighted by Crippen LogP contribution is 2.49. The molecule has 0 fully saturated rings. The van der Waals surface area contributed by atoms with Crippen LogP contribution in [0.4, 0.5) is 0 Å². The van der Waals surface area contributed by atoms with Crippen LogP contribution in [0.25, 0.3) is 189 Å². The molecule has 17 aromatic rings. The summed E-state index contributed by atoms with van der Waals surface area (Å²) in [7, 11) is 0. The van der Waals surface area contributed by atoms with E-state index in [4.69, 9.17) is 30.8 Å². The van der Waals surface area contributed by atoms with Gasteiger partial charge in [0.05, 0.1) is 5.39 Å². The van der Waals surface area contributed by atoms with Crippen LogP contribution in [0.2, 0.25) is 0 Å². The Labute approximate surface area is 552 Å². The molecule has 0 amide bonds. The molecule has 0 unspecified atom stereocenters. The fourth-order valence-corrected chi connectivity index (χ4v) is 15.0. The SMILES string of the molecule is C=C/C=C\c1cccc(-c2c3ccccc3c(-c3ccc4c(c3)oc3c5ccccc5c5c6cc(-c7cc/c(=C/C(=C)C8=c9cccc/c9=C(C(=C)c9cc%10c(cc9-c9cc%11ccccc%11o9)oc9ccccc9%10)/C=C/CCC=C8)c(=C)c7)ccc6oc5c43)c3ccccc23)c1. The van der Waals surface area contributed by atoms with Gasteiger partial charge in [-0.05, 0) is 200 Å². The molecule has 4 heteroatoms. The molecule has 0 bridgehead atoms. The second-order valence-corrected chi connectivity index (χ2v) is 25.1. The van der Waals surface area contributed by atoms with Gasteiger partial charge in [-0.3, -0.25) is 0 Å². The maximum absolute atomic E-state index is 7.09. The van der Waals surface area contributed by atoms with E-state index in [0.717, 1.165) is 183 Å². The van der Waals surface area contributed by atoms with Crippen molar-refractivity contribution in [2.45, 2.75) is 12.8 Å². The first kappa shape index (κ1) is 56.3. The molecule has 13 aromatic carbocycles. The highest BCUT2D eigenvalue weighted by Gasteiger charge is 2.25. The molecule has 1 aliphatic rings. The van der Waals surface area contributed by atoms with Crippen molar-refractivity contribution in [3.63, 3.8) is 0 Å². The van der Waals surface area contributed by atoms with E-state index < -0.39 is 0 Å². The molecule has 0 saturated heterocycles. The van der Waals surface area contributed by atoms with Gasteiger partial charge in [0.15, 0.2) is 0 Å². The lowest BCUT2D eigenvalue weighted by Gasteiger charge is -2.18. The molecule has 0 atom stereocenters. The normalized spacial score (nSPS) is 14.1. The third-order valence-corrected chi connectivity index (χ3v) is 19.5. The quantitative estimate of drug-likeness (QED) is 0.101. The number of para-hydroxylation sites is 2. The van der Waals surface area contributed by atoms with E-state index in [2.05, 4.69) is 262 Å². The van der Waals surface area contributed by atoms with Crippen molar-refractivity contribution in [1.82, 2.24) is 0 Å². The van der Waals surface area contributed by atoms with Crippen molar-refractivity contribution in [1.29, 1.82) is 0 Å². The van der Waals surface area contributed by atoms with Gasteiger partial charge < -0.3 is 17.7 Å². The van der Waals surface area contributed by atoms with Crippen LogP contribution in [0.3, 0.4) is 0 Å². The van der Waals surface area contributed by atoms with E-state index in [-0.39, 0.29) is 0 Å². The zero-order valence-electron chi connectivity index (χ0n) is 52.6. The van der Waals surface area contributed by atoms with Crippen LogP contribution in [0, 0.1) is 0 Å². The van der Waals surface area contributed by atoms with E-state index in [9.17, 15) is 0 Å². The predicted molar refractivity (Wildman–Crippen MR) is 405 cm³/mol. The van der Waals surface area contributed by atoms with Gasteiger partial charge in [-0.25, -0.2) is 0 Å². The first-order chi connectivity index (χ1) is 47.3. The molecular formula is C92H60O4. The minimum atomic E-state index is 0.753. The molecule has 0 N–H and O–H groups in total. The number of fused-ring (bicyclic) bond motifs is 17. The minimum absolute atomic E-state index is 0.753. The molecule has 0 spiro atoms. The van der Waals surface area contributed by atoms with E-state index in [1.54, 1.807) is 0 Å². The van der Waals surface area contributed by atoms with Crippen molar-refractivity contribution in [3.8, 4) is 44.7 Å². The maximum Gasteiger partial charge on any atom is 0.147 e. The monoisotopic (exact) mass is 1230 g/mol. The van der Waals surface area contributed by atoms with Gasteiger partial charge in [0.25, 0.3) is 0 Å². The number of furan rings is 4. The molecule has 18 rings (SSSR count). The van der Waals surface area contributed by atoms with Gasteiger partial charge in [-0.2, -0.15) is 0 Å². The Bertz CT molecular complexity index is 6510. The van der Waals surface area contributed by atoms with Crippen LogP contribution < -0.4 is 20.9 Å². The Morgan fingerprint density at radius 2 is 1.00 bits per heavy atom. The third-order valence-electron chi connectivity index (χ3n) is 19.5. The largest absolute Gasteiger partial charge is 0.456 e. The Morgan fingerprint density at radius 1 is 0.396 bits per heavy atom. The molecular weight excluding hydrogens is 1170 g/mol. The van der Waals surface area contributed by atoms with E-state index >= 15 is 0 Å². The van der Waals surface area contributed by atoms with Crippen molar-refractivity contribution in [2.75, 3.05) is 0 Å². The predicted octanol–water partition coefficient (Wildman–Crippen LogP) is 22.8. The zero-order valence-corrected chi connectivity index (χ0v) is 52.6. The van der Waals surface area contributed by atoms with Crippen molar-refractivity contribution < 1.29 is 17.7 Å². The molecule has 4 aromatic heterocycles. The van der Waals surface area contributed by atoms with E-state index in [0.29, 0.717) is 0 Å². The van der Waals surface area contributed by atoms with E-state index in [1.807, 2.05) is 42.5 Å². The fraction of sp³-hybridized carbons (Fsp3) is 0.0217.